The fourth-order valence-electron chi connectivity index (χ4n) is 2.36. The van der Waals surface area contributed by atoms with Gasteiger partial charge < -0.3 is 15.4 Å². The summed E-state index contributed by atoms with van der Waals surface area (Å²) < 4.78 is 5.71. The Kier molecular flexibility index (Phi) is 5.05. The number of ether oxygens (including phenoxy) is 1. The molecule has 3 N–H and O–H groups in total. The number of amidine groups is 1. The van der Waals surface area contributed by atoms with E-state index in [1.54, 1.807) is 12.1 Å². The minimum atomic E-state index is -0.0554. The van der Waals surface area contributed by atoms with Gasteiger partial charge in [0.2, 0.25) is 0 Å². The molecule has 1 aliphatic heterocycles. The van der Waals surface area contributed by atoms with Crippen molar-refractivity contribution in [1.29, 1.82) is 5.41 Å². The first-order valence-corrected chi connectivity index (χ1v) is 7.04. The lowest BCUT2D eigenvalue weighted by atomic mass is 10.2. The summed E-state index contributed by atoms with van der Waals surface area (Å²) in [5.41, 5.74) is 6.02. The highest BCUT2D eigenvalue weighted by atomic mass is 35.5. The average Bonchev–Trinajstić information content (AvgIpc) is 2.87. The monoisotopic (exact) mass is 281 g/mol. The SMILES string of the molecule is N=C(N)c1c(Cl)cccc1OCCCN1CCCC1. The standard InChI is InChI=1S/C14H20ClN3O/c15-11-5-3-6-12(13(11)14(16)17)19-10-4-9-18-7-1-2-8-18/h3,5-6H,1-2,4,7-10H2,(H3,16,17). The fourth-order valence-corrected chi connectivity index (χ4v) is 2.63. The molecular weight excluding hydrogens is 262 g/mol. The largest absolute Gasteiger partial charge is 0.493 e. The molecule has 1 heterocycles. The van der Waals surface area contributed by atoms with Gasteiger partial charge in [0.1, 0.15) is 11.6 Å². The van der Waals surface area contributed by atoms with Crippen LogP contribution in [0.3, 0.4) is 0 Å². The summed E-state index contributed by atoms with van der Waals surface area (Å²) in [7, 11) is 0. The number of hydrogen-bond acceptors (Lipinski definition) is 3. The van der Waals surface area contributed by atoms with Gasteiger partial charge >= 0.3 is 0 Å². The van der Waals surface area contributed by atoms with E-state index in [0.29, 0.717) is 22.9 Å². The first kappa shape index (κ1) is 14.2. The minimum absolute atomic E-state index is 0.0554. The Morgan fingerprint density at radius 1 is 1.37 bits per heavy atom. The van der Waals surface area contributed by atoms with Crippen LogP contribution < -0.4 is 10.5 Å². The van der Waals surface area contributed by atoms with Gasteiger partial charge in [0.05, 0.1) is 17.2 Å². The molecule has 1 aromatic carbocycles. The lowest BCUT2D eigenvalue weighted by molar-refractivity contribution is 0.263. The van der Waals surface area contributed by atoms with Crippen molar-refractivity contribution in [3.05, 3.63) is 28.8 Å². The van der Waals surface area contributed by atoms with E-state index in [9.17, 15) is 0 Å². The summed E-state index contributed by atoms with van der Waals surface area (Å²) in [6.45, 7) is 4.10. The lowest BCUT2D eigenvalue weighted by Crippen LogP contribution is -2.22. The Labute approximate surface area is 119 Å². The van der Waals surface area contributed by atoms with Crippen molar-refractivity contribution in [2.45, 2.75) is 19.3 Å². The third-order valence-electron chi connectivity index (χ3n) is 3.32. The normalized spacial score (nSPS) is 15.6. The molecule has 1 fully saturated rings. The van der Waals surface area contributed by atoms with Gasteiger partial charge in [0.25, 0.3) is 0 Å². The van der Waals surface area contributed by atoms with Crippen molar-refractivity contribution in [2.75, 3.05) is 26.2 Å². The van der Waals surface area contributed by atoms with Gasteiger partial charge in [-0.1, -0.05) is 17.7 Å². The number of nitrogens with zero attached hydrogens (tertiary/aromatic N) is 1. The minimum Gasteiger partial charge on any atom is -0.493 e. The second kappa shape index (κ2) is 6.78. The molecule has 0 spiro atoms. The number of nitrogen functional groups attached to an aromatic ring is 1. The number of likely N-dealkylation sites (tertiary alicyclic amines) is 1. The molecule has 104 valence electrons. The summed E-state index contributed by atoms with van der Waals surface area (Å²) >= 11 is 6.03. The van der Waals surface area contributed by atoms with E-state index in [0.717, 1.165) is 13.0 Å². The molecule has 1 aliphatic rings. The van der Waals surface area contributed by atoms with Crippen molar-refractivity contribution in [3.63, 3.8) is 0 Å². The van der Waals surface area contributed by atoms with Gasteiger partial charge in [-0.2, -0.15) is 0 Å². The quantitative estimate of drug-likeness (QED) is 0.478. The Morgan fingerprint density at radius 3 is 2.79 bits per heavy atom. The zero-order valence-electron chi connectivity index (χ0n) is 11.0. The summed E-state index contributed by atoms with van der Waals surface area (Å²) in [4.78, 5) is 2.45. The van der Waals surface area contributed by atoms with Crippen LogP contribution in [0.1, 0.15) is 24.8 Å². The maximum Gasteiger partial charge on any atom is 0.131 e. The second-order valence-electron chi connectivity index (χ2n) is 4.78. The van der Waals surface area contributed by atoms with Crippen molar-refractivity contribution >= 4 is 17.4 Å². The Morgan fingerprint density at radius 2 is 2.11 bits per heavy atom. The molecule has 5 heteroatoms. The summed E-state index contributed by atoms with van der Waals surface area (Å²) in [5.74, 6) is 0.543. The number of nitrogens with two attached hydrogens (primary N) is 1. The Hall–Kier alpha value is -1.26. The summed E-state index contributed by atoms with van der Waals surface area (Å²) in [6, 6.07) is 5.33. The van der Waals surface area contributed by atoms with Crippen LogP contribution in [-0.4, -0.2) is 37.0 Å². The molecule has 1 aromatic rings. The number of halogens is 1. The van der Waals surface area contributed by atoms with Gasteiger partial charge in [-0.25, -0.2) is 0 Å². The first-order valence-electron chi connectivity index (χ1n) is 6.66. The van der Waals surface area contributed by atoms with Crippen LogP contribution >= 0.6 is 11.6 Å². The predicted molar refractivity (Wildman–Crippen MR) is 78.3 cm³/mol. The maximum atomic E-state index is 7.54. The molecule has 0 aliphatic carbocycles. The van der Waals surface area contributed by atoms with Crippen molar-refractivity contribution in [1.82, 2.24) is 4.90 Å². The topological polar surface area (TPSA) is 62.3 Å². The molecule has 0 unspecified atom stereocenters. The van der Waals surface area contributed by atoms with Crippen molar-refractivity contribution in [2.24, 2.45) is 5.73 Å². The third-order valence-corrected chi connectivity index (χ3v) is 3.63. The van der Waals surface area contributed by atoms with Gasteiger partial charge in [-0.15, -0.1) is 0 Å². The first-order chi connectivity index (χ1) is 9.18. The van der Waals surface area contributed by atoms with Crippen molar-refractivity contribution < 1.29 is 4.74 Å². The summed E-state index contributed by atoms with van der Waals surface area (Å²) in [6.07, 6.45) is 3.59. The van der Waals surface area contributed by atoms with Gasteiger partial charge in [-0.05, 0) is 44.5 Å². The van der Waals surface area contributed by atoms with E-state index in [1.165, 1.54) is 25.9 Å². The number of rotatable bonds is 6. The highest BCUT2D eigenvalue weighted by Crippen LogP contribution is 2.25. The maximum absolute atomic E-state index is 7.54. The molecular formula is C14H20ClN3O. The van der Waals surface area contributed by atoms with Gasteiger partial charge in [0, 0.05) is 6.54 Å². The highest BCUT2D eigenvalue weighted by Gasteiger charge is 2.12. The highest BCUT2D eigenvalue weighted by molar-refractivity contribution is 6.34. The molecule has 4 nitrogen and oxygen atoms in total. The van der Waals surface area contributed by atoms with Crippen LogP contribution in [0.25, 0.3) is 0 Å². The van der Waals surface area contributed by atoms with Gasteiger partial charge in [0.15, 0.2) is 0 Å². The Bertz CT molecular complexity index is 444. The van der Waals surface area contributed by atoms with Crippen molar-refractivity contribution in [3.8, 4) is 5.75 Å². The third kappa shape index (κ3) is 3.85. The van der Waals surface area contributed by atoms with E-state index < -0.39 is 0 Å². The number of nitrogens with one attached hydrogen (secondary N) is 1. The van der Waals surface area contributed by atoms with E-state index in [4.69, 9.17) is 27.5 Å². The second-order valence-corrected chi connectivity index (χ2v) is 5.18. The molecule has 19 heavy (non-hydrogen) atoms. The number of hydrogen-bond donors (Lipinski definition) is 2. The van der Waals surface area contributed by atoms with E-state index in [1.807, 2.05) is 6.07 Å². The molecule has 2 rings (SSSR count). The van der Waals surface area contributed by atoms with Crippen LogP contribution in [0.5, 0.6) is 5.75 Å². The molecule has 1 saturated heterocycles. The molecule has 0 saturated carbocycles. The van der Waals surface area contributed by atoms with E-state index in [2.05, 4.69) is 4.90 Å². The smallest absolute Gasteiger partial charge is 0.131 e. The number of benzene rings is 1. The lowest BCUT2D eigenvalue weighted by Gasteiger charge is -2.15. The van der Waals surface area contributed by atoms with Crippen LogP contribution in [0.4, 0.5) is 0 Å². The molecule has 0 aromatic heterocycles. The fraction of sp³-hybridized carbons (Fsp3) is 0.500. The average molecular weight is 282 g/mol. The molecule has 0 bridgehead atoms. The van der Waals surface area contributed by atoms with E-state index in [-0.39, 0.29) is 5.84 Å². The van der Waals surface area contributed by atoms with Crippen LogP contribution in [0.2, 0.25) is 5.02 Å². The van der Waals surface area contributed by atoms with Crippen LogP contribution in [0, 0.1) is 5.41 Å². The van der Waals surface area contributed by atoms with Crippen LogP contribution in [0.15, 0.2) is 18.2 Å². The molecule has 0 atom stereocenters. The molecule has 0 radical (unpaired) electrons. The van der Waals surface area contributed by atoms with Gasteiger partial charge in [-0.3, -0.25) is 5.41 Å². The molecule has 0 amide bonds. The predicted octanol–water partition coefficient (Wildman–Crippen LogP) is 2.49. The summed E-state index contributed by atoms with van der Waals surface area (Å²) in [5, 5.41) is 8.00. The zero-order chi connectivity index (χ0) is 13.7. The van der Waals surface area contributed by atoms with Crippen LogP contribution in [-0.2, 0) is 0 Å². The van der Waals surface area contributed by atoms with E-state index >= 15 is 0 Å². The zero-order valence-corrected chi connectivity index (χ0v) is 11.7. The Balaban J connectivity index is 1.85.